The Bertz CT molecular complexity index is 1300. The van der Waals surface area contributed by atoms with Crippen LogP contribution in [0, 0.1) is 17.3 Å². The van der Waals surface area contributed by atoms with E-state index in [0.29, 0.717) is 51.7 Å². The first-order chi connectivity index (χ1) is 21.7. The standard InChI is InChI=1S/C36H50F3N3O4/c1-7-25(2)24-45-31-11-9-8-10-30(31)34(28-12-14-29(15-13-28)46-36(37,38)39)41-20-21-42(32(23-41)35(4,5)6)33(44)22-27-16-18-40(19-17-27)26(3)43/h8-15,25,27,32,34H,7,16-24H2,1-6H3/t25?,32-,34?/m1/s1. The van der Waals surface area contributed by atoms with E-state index in [1.807, 2.05) is 34.1 Å². The second-order valence-electron chi connectivity index (χ2n) is 14.0. The lowest BCUT2D eigenvalue weighted by atomic mass is 9.82. The maximum Gasteiger partial charge on any atom is 0.573 e. The third-order valence-corrected chi connectivity index (χ3v) is 9.48. The van der Waals surface area contributed by atoms with Crippen LogP contribution in [0.4, 0.5) is 13.2 Å². The summed E-state index contributed by atoms with van der Waals surface area (Å²) in [6, 6.07) is 13.6. The van der Waals surface area contributed by atoms with Crippen LogP contribution in [0.3, 0.4) is 0 Å². The van der Waals surface area contributed by atoms with Crippen LogP contribution >= 0.6 is 0 Å². The zero-order valence-electron chi connectivity index (χ0n) is 28.1. The Morgan fingerprint density at radius 2 is 1.61 bits per heavy atom. The number of hydrogen-bond acceptors (Lipinski definition) is 5. The molecule has 2 aromatic rings. The van der Waals surface area contributed by atoms with E-state index in [0.717, 1.165) is 36.1 Å². The molecule has 2 unspecified atom stereocenters. The fourth-order valence-corrected chi connectivity index (χ4v) is 6.52. The second-order valence-corrected chi connectivity index (χ2v) is 14.0. The number of nitrogens with zero attached hydrogens (tertiary/aromatic N) is 3. The van der Waals surface area contributed by atoms with Gasteiger partial charge in [0, 0.05) is 57.7 Å². The zero-order valence-corrected chi connectivity index (χ0v) is 28.1. The Morgan fingerprint density at radius 1 is 0.957 bits per heavy atom. The van der Waals surface area contributed by atoms with Crippen molar-refractivity contribution < 1.29 is 32.2 Å². The predicted molar refractivity (Wildman–Crippen MR) is 172 cm³/mol. The minimum Gasteiger partial charge on any atom is -0.493 e. The van der Waals surface area contributed by atoms with Crippen LogP contribution in [0.25, 0.3) is 0 Å². The minimum absolute atomic E-state index is 0.0811. The summed E-state index contributed by atoms with van der Waals surface area (Å²) >= 11 is 0. The van der Waals surface area contributed by atoms with Gasteiger partial charge in [0.25, 0.3) is 0 Å². The van der Waals surface area contributed by atoms with Crippen molar-refractivity contribution in [2.45, 2.75) is 85.7 Å². The number of carbonyl (C=O) groups is 2. The molecule has 254 valence electrons. The number of hydrogen-bond donors (Lipinski definition) is 0. The summed E-state index contributed by atoms with van der Waals surface area (Å²) in [7, 11) is 0. The highest BCUT2D eigenvalue weighted by atomic mass is 19.4. The Hall–Kier alpha value is -3.27. The van der Waals surface area contributed by atoms with Gasteiger partial charge in [-0.1, -0.05) is 71.4 Å². The van der Waals surface area contributed by atoms with Gasteiger partial charge in [-0.25, -0.2) is 0 Å². The molecular formula is C36H50F3N3O4. The molecule has 2 aliphatic heterocycles. The van der Waals surface area contributed by atoms with Crippen molar-refractivity contribution in [2.24, 2.45) is 17.3 Å². The van der Waals surface area contributed by atoms with Crippen LogP contribution in [0.5, 0.6) is 11.5 Å². The minimum atomic E-state index is -4.77. The number of halogens is 3. The number of alkyl halides is 3. The highest BCUT2D eigenvalue weighted by Crippen LogP contribution is 2.40. The largest absolute Gasteiger partial charge is 0.573 e. The number of rotatable bonds is 10. The first-order valence-electron chi connectivity index (χ1n) is 16.5. The smallest absolute Gasteiger partial charge is 0.493 e. The van der Waals surface area contributed by atoms with Crippen LogP contribution in [0.1, 0.15) is 84.4 Å². The van der Waals surface area contributed by atoms with Gasteiger partial charge in [-0.15, -0.1) is 13.2 Å². The predicted octanol–water partition coefficient (Wildman–Crippen LogP) is 7.31. The van der Waals surface area contributed by atoms with Crippen LogP contribution in [0.15, 0.2) is 48.5 Å². The van der Waals surface area contributed by atoms with Gasteiger partial charge < -0.3 is 19.3 Å². The first-order valence-corrected chi connectivity index (χ1v) is 16.5. The third kappa shape index (κ3) is 9.39. The lowest BCUT2D eigenvalue weighted by Gasteiger charge is -2.50. The summed E-state index contributed by atoms with van der Waals surface area (Å²) in [5.41, 5.74) is 1.52. The summed E-state index contributed by atoms with van der Waals surface area (Å²) in [6.45, 7) is 15.9. The molecule has 0 aromatic heterocycles. The lowest BCUT2D eigenvalue weighted by Crippen LogP contribution is -2.60. The lowest BCUT2D eigenvalue weighted by molar-refractivity contribution is -0.274. The quantitative estimate of drug-likeness (QED) is 0.271. The van der Waals surface area contributed by atoms with Gasteiger partial charge in [0.15, 0.2) is 0 Å². The van der Waals surface area contributed by atoms with Crippen LogP contribution in [-0.2, 0) is 9.59 Å². The van der Waals surface area contributed by atoms with E-state index >= 15 is 0 Å². The topological polar surface area (TPSA) is 62.3 Å². The molecule has 2 saturated heterocycles. The van der Waals surface area contributed by atoms with Crippen molar-refractivity contribution in [3.8, 4) is 11.5 Å². The molecule has 0 N–H and O–H groups in total. The molecule has 0 radical (unpaired) electrons. The molecule has 46 heavy (non-hydrogen) atoms. The fourth-order valence-electron chi connectivity index (χ4n) is 6.52. The van der Waals surface area contributed by atoms with Gasteiger partial charge in [-0.3, -0.25) is 14.5 Å². The van der Waals surface area contributed by atoms with Gasteiger partial charge in [-0.05, 0) is 53.9 Å². The number of ether oxygens (including phenoxy) is 2. The van der Waals surface area contributed by atoms with Crippen LogP contribution in [0.2, 0.25) is 0 Å². The Kier molecular flexibility index (Phi) is 11.7. The van der Waals surface area contributed by atoms with E-state index in [4.69, 9.17) is 4.74 Å². The number of piperazine rings is 1. The zero-order chi connectivity index (χ0) is 33.6. The summed E-state index contributed by atoms with van der Waals surface area (Å²) in [4.78, 5) is 31.8. The molecule has 4 rings (SSSR count). The van der Waals surface area contributed by atoms with Crippen molar-refractivity contribution in [3.63, 3.8) is 0 Å². The summed E-state index contributed by atoms with van der Waals surface area (Å²) < 4.78 is 49.4. The molecular weight excluding hydrogens is 595 g/mol. The first kappa shape index (κ1) is 35.6. The van der Waals surface area contributed by atoms with E-state index in [2.05, 4.69) is 44.3 Å². The molecule has 0 saturated carbocycles. The van der Waals surface area contributed by atoms with Crippen molar-refractivity contribution in [3.05, 3.63) is 59.7 Å². The number of para-hydroxylation sites is 1. The third-order valence-electron chi connectivity index (χ3n) is 9.48. The van der Waals surface area contributed by atoms with Crippen LogP contribution in [-0.4, -0.2) is 78.2 Å². The molecule has 2 amide bonds. The van der Waals surface area contributed by atoms with Crippen molar-refractivity contribution in [1.29, 1.82) is 0 Å². The molecule has 3 atom stereocenters. The van der Waals surface area contributed by atoms with Gasteiger partial charge in [-0.2, -0.15) is 0 Å². The number of piperidine rings is 1. The van der Waals surface area contributed by atoms with Gasteiger partial charge >= 0.3 is 6.36 Å². The normalized spacial score (nSPS) is 19.9. The number of likely N-dealkylation sites (tertiary alicyclic amines) is 1. The highest BCUT2D eigenvalue weighted by molar-refractivity contribution is 5.77. The Balaban J connectivity index is 1.62. The average molecular weight is 646 g/mol. The number of benzene rings is 2. The van der Waals surface area contributed by atoms with E-state index < -0.39 is 6.36 Å². The van der Waals surface area contributed by atoms with E-state index in [1.54, 1.807) is 19.1 Å². The molecule has 0 bridgehead atoms. The van der Waals surface area contributed by atoms with Crippen molar-refractivity contribution in [1.82, 2.24) is 14.7 Å². The SMILES string of the molecule is CCC(C)COc1ccccc1C(c1ccc(OC(F)(F)F)cc1)N1CCN(C(=O)CC2CCN(C(C)=O)CC2)[C@@H](C(C)(C)C)C1. The number of carbonyl (C=O) groups excluding carboxylic acids is 2. The van der Waals surface area contributed by atoms with E-state index in [9.17, 15) is 22.8 Å². The maximum absolute atomic E-state index is 13.8. The highest BCUT2D eigenvalue weighted by Gasteiger charge is 2.41. The second kappa shape index (κ2) is 15.1. The van der Waals surface area contributed by atoms with Gasteiger partial charge in [0.1, 0.15) is 11.5 Å². The molecule has 2 aromatic carbocycles. The molecule has 0 spiro atoms. The monoisotopic (exact) mass is 645 g/mol. The van der Waals surface area contributed by atoms with E-state index in [-0.39, 0.29) is 41.0 Å². The molecule has 0 aliphatic carbocycles. The summed E-state index contributed by atoms with van der Waals surface area (Å²) in [6.07, 6.45) is -1.67. The summed E-state index contributed by atoms with van der Waals surface area (Å²) in [5, 5.41) is 0. The molecule has 10 heteroatoms. The average Bonchev–Trinajstić information content (AvgIpc) is 3.00. The Morgan fingerprint density at radius 3 is 2.20 bits per heavy atom. The van der Waals surface area contributed by atoms with Crippen LogP contribution < -0.4 is 9.47 Å². The fraction of sp³-hybridized carbons (Fsp3) is 0.611. The van der Waals surface area contributed by atoms with Crippen molar-refractivity contribution in [2.75, 3.05) is 39.3 Å². The molecule has 2 fully saturated rings. The summed E-state index contributed by atoms with van der Waals surface area (Å²) in [5.74, 6) is 1.31. The number of amides is 2. The maximum atomic E-state index is 13.8. The van der Waals surface area contributed by atoms with Gasteiger partial charge in [0.05, 0.1) is 12.6 Å². The van der Waals surface area contributed by atoms with Crippen molar-refractivity contribution >= 4 is 11.8 Å². The molecule has 7 nitrogen and oxygen atoms in total. The van der Waals surface area contributed by atoms with Gasteiger partial charge in [0.2, 0.25) is 11.8 Å². The van der Waals surface area contributed by atoms with E-state index in [1.165, 1.54) is 12.1 Å². The molecule has 2 heterocycles. The molecule has 2 aliphatic rings. The Labute approximate surface area is 272 Å².